The lowest BCUT2D eigenvalue weighted by Gasteiger charge is -2.04. The number of aromatic hydroxyl groups is 1. The van der Waals surface area contributed by atoms with E-state index in [0.717, 1.165) is 11.0 Å². The minimum Gasteiger partial charge on any atom is -0.506 e. The zero-order valence-electron chi connectivity index (χ0n) is 10.2. The van der Waals surface area contributed by atoms with Gasteiger partial charge in [-0.25, -0.2) is 0 Å². The van der Waals surface area contributed by atoms with Gasteiger partial charge in [-0.15, -0.1) is 15.0 Å². The fourth-order valence-electron chi connectivity index (χ4n) is 1.87. The predicted octanol–water partition coefficient (Wildman–Crippen LogP) is 2.33. The Labute approximate surface area is 109 Å². The molecule has 2 aromatic carbocycles. The van der Waals surface area contributed by atoms with E-state index in [9.17, 15) is 9.90 Å². The quantitative estimate of drug-likeness (QED) is 0.712. The molecule has 0 saturated carbocycles. The number of rotatable bonds is 2. The minimum absolute atomic E-state index is 0.0327. The van der Waals surface area contributed by atoms with Crippen LogP contribution in [0.3, 0.4) is 0 Å². The molecule has 0 unspecified atom stereocenters. The van der Waals surface area contributed by atoms with E-state index in [4.69, 9.17) is 0 Å². The number of ketones is 1. The Morgan fingerprint density at radius 1 is 1.11 bits per heavy atom. The van der Waals surface area contributed by atoms with Crippen LogP contribution in [0, 0.1) is 0 Å². The van der Waals surface area contributed by atoms with Crippen LogP contribution in [0.4, 0.5) is 0 Å². The molecule has 0 saturated heterocycles. The van der Waals surface area contributed by atoms with E-state index in [2.05, 4.69) is 10.2 Å². The number of aromatic nitrogens is 3. The summed E-state index contributed by atoms with van der Waals surface area (Å²) in [7, 11) is 0. The highest BCUT2D eigenvalue weighted by Crippen LogP contribution is 2.23. The summed E-state index contributed by atoms with van der Waals surface area (Å²) in [5.74, 6) is -0.0386. The van der Waals surface area contributed by atoms with Crippen molar-refractivity contribution in [3.8, 4) is 11.4 Å². The van der Waals surface area contributed by atoms with Crippen molar-refractivity contribution in [3.05, 3.63) is 48.0 Å². The molecule has 0 amide bonds. The average molecular weight is 253 g/mol. The Kier molecular flexibility index (Phi) is 2.52. The molecule has 1 N–H and O–H groups in total. The molecule has 19 heavy (non-hydrogen) atoms. The highest BCUT2D eigenvalue weighted by atomic mass is 16.3. The molecule has 3 aromatic rings. The van der Waals surface area contributed by atoms with Crippen molar-refractivity contribution in [3.63, 3.8) is 0 Å². The lowest BCUT2D eigenvalue weighted by Crippen LogP contribution is -2.01. The van der Waals surface area contributed by atoms with Crippen LogP contribution in [-0.2, 0) is 0 Å². The van der Waals surface area contributed by atoms with Crippen molar-refractivity contribution in [1.29, 1.82) is 0 Å². The first-order valence-corrected chi connectivity index (χ1v) is 5.81. The summed E-state index contributed by atoms with van der Waals surface area (Å²) in [6, 6.07) is 12.0. The van der Waals surface area contributed by atoms with Gasteiger partial charge < -0.3 is 5.11 Å². The molecule has 0 aliphatic heterocycles. The molecule has 5 heteroatoms. The molecule has 1 aromatic heterocycles. The molecular formula is C14H11N3O2. The summed E-state index contributed by atoms with van der Waals surface area (Å²) in [5.41, 5.74) is 2.36. The normalized spacial score (nSPS) is 10.8. The average Bonchev–Trinajstić information content (AvgIpc) is 2.82. The number of hydrogen-bond donors (Lipinski definition) is 1. The second-order valence-electron chi connectivity index (χ2n) is 4.24. The second kappa shape index (κ2) is 4.20. The fraction of sp³-hybridized carbons (Fsp3) is 0.0714. The highest BCUT2D eigenvalue weighted by Gasteiger charge is 2.11. The fourth-order valence-corrected chi connectivity index (χ4v) is 1.87. The van der Waals surface area contributed by atoms with Gasteiger partial charge >= 0.3 is 0 Å². The van der Waals surface area contributed by atoms with Crippen LogP contribution < -0.4 is 0 Å². The number of nitrogens with zero attached hydrogens (tertiary/aromatic N) is 3. The van der Waals surface area contributed by atoms with E-state index >= 15 is 0 Å². The van der Waals surface area contributed by atoms with Crippen molar-refractivity contribution in [2.24, 2.45) is 0 Å². The molecule has 0 bridgehead atoms. The Morgan fingerprint density at radius 2 is 1.74 bits per heavy atom. The second-order valence-corrected chi connectivity index (χ2v) is 4.24. The van der Waals surface area contributed by atoms with Crippen LogP contribution in [0.15, 0.2) is 42.5 Å². The largest absolute Gasteiger partial charge is 0.506 e. The van der Waals surface area contributed by atoms with Gasteiger partial charge in [0.25, 0.3) is 0 Å². The van der Waals surface area contributed by atoms with Crippen LogP contribution in [0.5, 0.6) is 5.75 Å². The van der Waals surface area contributed by atoms with Gasteiger partial charge in [-0.2, -0.15) is 0 Å². The minimum atomic E-state index is -0.0713. The maximum absolute atomic E-state index is 11.4. The third kappa shape index (κ3) is 1.95. The smallest absolute Gasteiger partial charge is 0.159 e. The van der Waals surface area contributed by atoms with Crippen molar-refractivity contribution < 1.29 is 9.90 Å². The van der Waals surface area contributed by atoms with Gasteiger partial charge in [0.2, 0.25) is 0 Å². The van der Waals surface area contributed by atoms with Crippen molar-refractivity contribution >= 4 is 16.8 Å². The maximum atomic E-state index is 11.4. The molecular weight excluding hydrogens is 242 g/mol. The zero-order valence-corrected chi connectivity index (χ0v) is 10.2. The van der Waals surface area contributed by atoms with Crippen molar-refractivity contribution in [2.75, 3.05) is 0 Å². The number of fused-ring (bicyclic) bond motifs is 1. The molecule has 0 fully saturated rings. The van der Waals surface area contributed by atoms with E-state index < -0.39 is 0 Å². The summed E-state index contributed by atoms with van der Waals surface area (Å²) in [4.78, 5) is 12.7. The topological polar surface area (TPSA) is 68.0 Å². The maximum Gasteiger partial charge on any atom is 0.159 e. The van der Waals surface area contributed by atoms with Crippen LogP contribution in [0.2, 0.25) is 0 Å². The first-order chi connectivity index (χ1) is 9.15. The summed E-state index contributed by atoms with van der Waals surface area (Å²) >= 11 is 0. The molecule has 3 rings (SSSR count). The zero-order chi connectivity index (χ0) is 13.4. The van der Waals surface area contributed by atoms with Crippen molar-refractivity contribution in [2.45, 2.75) is 6.92 Å². The van der Waals surface area contributed by atoms with E-state index in [-0.39, 0.29) is 11.5 Å². The summed E-state index contributed by atoms with van der Waals surface area (Å²) < 4.78 is 0. The lowest BCUT2D eigenvalue weighted by atomic mass is 10.1. The predicted molar refractivity (Wildman–Crippen MR) is 70.5 cm³/mol. The Morgan fingerprint density at radius 3 is 2.32 bits per heavy atom. The molecule has 0 radical (unpaired) electrons. The van der Waals surface area contributed by atoms with Crippen LogP contribution in [0.25, 0.3) is 16.7 Å². The number of benzene rings is 2. The summed E-state index contributed by atoms with van der Waals surface area (Å²) in [6.07, 6.45) is 0. The highest BCUT2D eigenvalue weighted by molar-refractivity contribution is 5.94. The molecule has 0 aliphatic carbocycles. The third-order valence-corrected chi connectivity index (χ3v) is 2.88. The third-order valence-electron chi connectivity index (χ3n) is 2.88. The van der Waals surface area contributed by atoms with Gasteiger partial charge in [0.1, 0.15) is 22.5 Å². The van der Waals surface area contributed by atoms with Gasteiger partial charge in [-0.1, -0.05) is 12.1 Å². The standard InChI is InChI=1S/C14H11N3O2/c1-9(18)10-6-7-14(19)13(8-10)17-15-11-4-2-3-5-12(11)16-17/h2-8,19H,1H3. The Hall–Kier alpha value is -2.69. The molecule has 0 aliphatic rings. The molecule has 1 heterocycles. The molecule has 0 atom stereocenters. The van der Waals surface area contributed by atoms with Gasteiger partial charge in [0.05, 0.1) is 0 Å². The number of Topliss-reactive ketones (excluding diaryl/α,β-unsaturated/α-hetero) is 1. The van der Waals surface area contributed by atoms with Gasteiger partial charge in [0.15, 0.2) is 5.78 Å². The number of phenols is 1. The van der Waals surface area contributed by atoms with Gasteiger partial charge in [0, 0.05) is 5.56 Å². The molecule has 0 spiro atoms. The summed E-state index contributed by atoms with van der Waals surface area (Å²) in [6.45, 7) is 1.48. The van der Waals surface area contributed by atoms with E-state index in [0.29, 0.717) is 11.3 Å². The number of phenolic OH excluding ortho intramolecular Hbond substituents is 1. The SMILES string of the molecule is CC(=O)c1ccc(O)c(-n2nc3ccccc3n2)c1. The first-order valence-electron chi connectivity index (χ1n) is 5.81. The van der Waals surface area contributed by atoms with Crippen LogP contribution >= 0.6 is 0 Å². The summed E-state index contributed by atoms with van der Waals surface area (Å²) in [5, 5.41) is 18.4. The van der Waals surface area contributed by atoms with Gasteiger partial charge in [-0.05, 0) is 37.3 Å². The molecule has 94 valence electrons. The lowest BCUT2D eigenvalue weighted by molar-refractivity contribution is 0.101. The first kappa shape index (κ1) is 11.4. The number of carbonyl (C=O) groups is 1. The van der Waals surface area contributed by atoms with Crippen molar-refractivity contribution in [1.82, 2.24) is 15.0 Å². The van der Waals surface area contributed by atoms with Crippen LogP contribution in [-0.4, -0.2) is 25.9 Å². The monoisotopic (exact) mass is 253 g/mol. The molecule has 5 nitrogen and oxygen atoms in total. The van der Waals surface area contributed by atoms with Crippen LogP contribution in [0.1, 0.15) is 17.3 Å². The number of hydrogen-bond acceptors (Lipinski definition) is 4. The Bertz CT molecular complexity index is 744. The Balaban J connectivity index is 2.20. The van der Waals surface area contributed by atoms with E-state index in [1.807, 2.05) is 24.3 Å². The van der Waals surface area contributed by atoms with Gasteiger partial charge in [-0.3, -0.25) is 4.79 Å². The van der Waals surface area contributed by atoms with E-state index in [1.165, 1.54) is 17.8 Å². The van der Waals surface area contributed by atoms with E-state index in [1.54, 1.807) is 12.1 Å². The number of carbonyl (C=O) groups excluding carboxylic acids is 1.